The lowest BCUT2D eigenvalue weighted by Crippen LogP contribution is -2.44. The summed E-state index contributed by atoms with van der Waals surface area (Å²) in [7, 11) is 0. The van der Waals surface area contributed by atoms with Crippen molar-refractivity contribution in [1.82, 2.24) is 4.90 Å². The lowest BCUT2D eigenvalue weighted by molar-refractivity contribution is -0.132. The summed E-state index contributed by atoms with van der Waals surface area (Å²) in [6.07, 6.45) is 0.773. The van der Waals surface area contributed by atoms with Gasteiger partial charge in [0.25, 0.3) is 0 Å². The van der Waals surface area contributed by atoms with E-state index in [-0.39, 0.29) is 24.4 Å². The molecule has 0 aliphatic carbocycles. The predicted octanol–water partition coefficient (Wildman–Crippen LogP) is 1.65. The first-order valence-electron chi connectivity index (χ1n) is 5.07. The molecular weight excluding hydrogens is 200 g/mol. The van der Waals surface area contributed by atoms with Crippen molar-refractivity contribution in [3.05, 3.63) is 0 Å². The fraction of sp³-hybridized carbons (Fsp3) is 0.900. The van der Waals surface area contributed by atoms with Crippen LogP contribution in [0.15, 0.2) is 0 Å². The third-order valence-electron chi connectivity index (χ3n) is 2.12. The third-order valence-corrected chi connectivity index (χ3v) is 2.12. The van der Waals surface area contributed by atoms with Gasteiger partial charge in [-0.15, -0.1) is 12.4 Å². The third kappa shape index (κ3) is 5.45. The maximum atomic E-state index is 11.6. The van der Waals surface area contributed by atoms with Crippen molar-refractivity contribution in [2.45, 2.75) is 40.2 Å². The van der Waals surface area contributed by atoms with Gasteiger partial charge in [0, 0.05) is 13.1 Å². The average molecular weight is 223 g/mol. The molecule has 0 saturated carbocycles. The van der Waals surface area contributed by atoms with Crippen LogP contribution in [0.2, 0.25) is 0 Å². The zero-order chi connectivity index (χ0) is 10.4. The lowest BCUT2D eigenvalue weighted by atomic mass is 10.0. The minimum atomic E-state index is -0.320. The van der Waals surface area contributed by atoms with E-state index in [1.807, 2.05) is 13.8 Å². The fourth-order valence-corrected chi connectivity index (χ4v) is 1.38. The van der Waals surface area contributed by atoms with Gasteiger partial charge in [0.05, 0.1) is 6.04 Å². The van der Waals surface area contributed by atoms with E-state index >= 15 is 0 Å². The Kier molecular flexibility index (Phi) is 9.31. The molecule has 86 valence electrons. The largest absolute Gasteiger partial charge is 0.342 e. The molecular formula is C10H23ClN2O. The van der Waals surface area contributed by atoms with E-state index < -0.39 is 0 Å². The summed E-state index contributed by atoms with van der Waals surface area (Å²) in [5, 5.41) is 0. The smallest absolute Gasteiger partial charge is 0.239 e. The second-order valence-electron chi connectivity index (χ2n) is 3.75. The van der Waals surface area contributed by atoms with Crippen LogP contribution >= 0.6 is 12.4 Å². The van der Waals surface area contributed by atoms with Gasteiger partial charge in [0.2, 0.25) is 5.91 Å². The fourth-order valence-electron chi connectivity index (χ4n) is 1.38. The van der Waals surface area contributed by atoms with Crippen LogP contribution in [0.5, 0.6) is 0 Å². The number of hydrogen-bond donors (Lipinski definition) is 1. The number of amides is 1. The second kappa shape index (κ2) is 8.06. The zero-order valence-corrected chi connectivity index (χ0v) is 10.4. The van der Waals surface area contributed by atoms with Gasteiger partial charge in [-0.2, -0.15) is 0 Å². The van der Waals surface area contributed by atoms with Crippen LogP contribution in [0.4, 0.5) is 0 Å². The van der Waals surface area contributed by atoms with E-state index in [0.29, 0.717) is 5.92 Å². The van der Waals surface area contributed by atoms with Gasteiger partial charge < -0.3 is 10.6 Å². The Morgan fingerprint density at radius 2 is 1.71 bits per heavy atom. The van der Waals surface area contributed by atoms with Gasteiger partial charge in [-0.3, -0.25) is 4.79 Å². The molecule has 0 radical (unpaired) electrons. The highest BCUT2D eigenvalue weighted by molar-refractivity contribution is 5.85. The number of halogens is 1. The molecule has 3 nitrogen and oxygen atoms in total. The molecule has 0 spiro atoms. The number of carbonyl (C=O) groups excluding carboxylic acids is 1. The van der Waals surface area contributed by atoms with Gasteiger partial charge in [0.1, 0.15) is 0 Å². The molecule has 14 heavy (non-hydrogen) atoms. The monoisotopic (exact) mass is 222 g/mol. The van der Waals surface area contributed by atoms with E-state index in [4.69, 9.17) is 5.73 Å². The Labute approximate surface area is 93.4 Å². The molecule has 0 bridgehead atoms. The molecule has 0 aliphatic heterocycles. The molecule has 0 rings (SSSR count). The van der Waals surface area contributed by atoms with Crippen LogP contribution in [0.25, 0.3) is 0 Å². The van der Waals surface area contributed by atoms with E-state index in [2.05, 4.69) is 13.8 Å². The number of rotatable bonds is 5. The molecule has 0 aromatic heterocycles. The first-order valence-corrected chi connectivity index (χ1v) is 5.07. The average Bonchev–Trinajstić information content (AvgIpc) is 2.05. The zero-order valence-electron chi connectivity index (χ0n) is 9.62. The molecule has 1 atom stereocenters. The highest BCUT2D eigenvalue weighted by Gasteiger charge is 2.18. The van der Waals surface area contributed by atoms with Crippen molar-refractivity contribution in [1.29, 1.82) is 0 Å². The molecule has 2 N–H and O–H groups in total. The molecule has 4 heteroatoms. The quantitative estimate of drug-likeness (QED) is 0.769. The first-order chi connectivity index (χ1) is 6.02. The van der Waals surface area contributed by atoms with E-state index in [0.717, 1.165) is 19.5 Å². The summed E-state index contributed by atoms with van der Waals surface area (Å²) >= 11 is 0. The molecule has 0 aromatic rings. The molecule has 1 amide bonds. The van der Waals surface area contributed by atoms with Gasteiger partial charge in [-0.05, 0) is 26.2 Å². The number of likely N-dealkylation sites (N-methyl/N-ethyl adjacent to an activating group) is 1. The molecule has 0 heterocycles. The molecule has 0 aliphatic rings. The van der Waals surface area contributed by atoms with Gasteiger partial charge in [-0.25, -0.2) is 0 Å². The maximum absolute atomic E-state index is 11.6. The van der Waals surface area contributed by atoms with Crippen molar-refractivity contribution in [3.8, 4) is 0 Å². The Balaban J connectivity index is 0. The standard InChI is InChI=1S/C10H22N2O.ClH/c1-5-12(6-2)10(13)9(11)7-8(3)4;/h8-9H,5-7,11H2,1-4H3;1H/t9-;/m0./s1. The number of nitrogens with two attached hydrogens (primary N) is 1. The minimum Gasteiger partial charge on any atom is -0.342 e. The Morgan fingerprint density at radius 1 is 1.29 bits per heavy atom. The number of nitrogens with zero attached hydrogens (tertiary/aromatic N) is 1. The Morgan fingerprint density at radius 3 is 2.00 bits per heavy atom. The summed E-state index contributed by atoms with van der Waals surface area (Å²) < 4.78 is 0. The van der Waals surface area contributed by atoms with Crippen LogP contribution in [0.3, 0.4) is 0 Å². The van der Waals surface area contributed by atoms with Crippen LogP contribution in [0.1, 0.15) is 34.1 Å². The summed E-state index contributed by atoms with van der Waals surface area (Å²) in [4.78, 5) is 13.4. The summed E-state index contributed by atoms with van der Waals surface area (Å²) in [5.74, 6) is 0.563. The number of hydrogen-bond acceptors (Lipinski definition) is 2. The van der Waals surface area contributed by atoms with Crippen LogP contribution < -0.4 is 5.73 Å². The van der Waals surface area contributed by atoms with Crippen molar-refractivity contribution in [2.24, 2.45) is 11.7 Å². The lowest BCUT2D eigenvalue weighted by Gasteiger charge is -2.23. The first kappa shape index (κ1) is 16.2. The summed E-state index contributed by atoms with van der Waals surface area (Å²) in [6, 6.07) is -0.320. The summed E-state index contributed by atoms with van der Waals surface area (Å²) in [5.41, 5.74) is 5.78. The molecule has 0 saturated heterocycles. The number of carbonyl (C=O) groups is 1. The van der Waals surface area contributed by atoms with E-state index in [1.54, 1.807) is 4.90 Å². The highest BCUT2D eigenvalue weighted by atomic mass is 35.5. The molecule has 0 aromatic carbocycles. The van der Waals surface area contributed by atoms with Crippen molar-refractivity contribution < 1.29 is 4.79 Å². The maximum Gasteiger partial charge on any atom is 0.239 e. The van der Waals surface area contributed by atoms with E-state index in [1.165, 1.54) is 0 Å². The Hall–Kier alpha value is -0.280. The molecule has 0 unspecified atom stereocenters. The van der Waals surface area contributed by atoms with Crippen LogP contribution in [-0.2, 0) is 4.79 Å². The Bertz CT molecular complexity index is 158. The van der Waals surface area contributed by atoms with Crippen LogP contribution in [-0.4, -0.2) is 29.9 Å². The van der Waals surface area contributed by atoms with E-state index in [9.17, 15) is 4.79 Å². The van der Waals surface area contributed by atoms with Crippen LogP contribution in [0, 0.1) is 5.92 Å². The SMILES string of the molecule is CCN(CC)C(=O)[C@@H](N)CC(C)C.Cl. The normalized spacial score (nSPS) is 12.1. The van der Waals surface area contributed by atoms with Crippen molar-refractivity contribution >= 4 is 18.3 Å². The predicted molar refractivity (Wildman–Crippen MR) is 62.6 cm³/mol. The topological polar surface area (TPSA) is 46.3 Å². The highest BCUT2D eigenvalue weighted by Crippen LogP contribution is 2.05. The van der Waals surface area contributed by atoms with Gasteiger partial charge in [0.15, 0.2) is 0 Å². The van der Waals surface area contributed by atoms with Gasteiger partial charge >= 0.3 is 0 Å². The second-order valence-corrected chi connectivity index (χ2v) is 3.75. The van der Waals surface area contributed by atoms with Crippen molar-refractivity contribution in [3.63, 3.8) is 0 Å². The minimum absolute atomic E-state index is 0. The summed E-state index contributed by atoms with van der Waals surface area (Å²) in [6.45, 7) is 9.61. The van der Waals surface area contributed by atoms with Gasteiger partial charge in [-0.1, -0.05) is 13.8 Å². The van der Waals surface area contributed by atoms with Crippen molar-refractivity contribution in [2.75, 3.05) is 13.1 Å². The molecule has 0 fully saturated rings.